The van der Waals surface area contributed by atoms with Gasteiger partial charge in [0.2, 0.25) is 5.91 Å². The van der Waals surface area contributed by atoms with Gasteiger partial charge in [-0.05, 0) is 5.41 Å². The topological polar surface area (TPSA) is 83.8 Å². The Morgan fingerprint density at radius 1 is 1.33 bits per heavy atom. The first-order chi connectivity index (χ1) is 8.01. The number of carbonyl (C=O) groups excluding carboxylic acids is 1. The van der Waals surface area contributed by atoms with Gasteiger partial charge in [-0.3, -0.25) is 9.89 Å². The highest BCUT2D eigenvalue weighted by molar-refractivity contribution is 5.94. The number of aromatic nitrogens is 2. The SMILES string of the molecule is CC(C)(C)c1cc(NC(=O)[C@H](N)C(C)(C)C)n[nH]1. The molecule has 5 nitrogen and oxygen atoms in total. The van der Waals surface area contributed by atoms with E-state index in [1.54, 1.807) is 0 Å². The van der Waals surface area contributed by atoms with Crippen molar-refractivity contribution in [3.05, 3.63) is 11.8 Å². The summed E-state index contributed by atoms with van der Waals surface area (Å²) in [5.41, 5.74) is 6.56. The summed E-state index contributed by atoms with van der Waals surface area (Å²) in [6.45, 7) is 12.0. The summed E-state index contributed by atoms with van der Waals surface area (Å²) in [5.74, 6) is 0.305. The predicted octanol–water partition coefficient (Wildman–Crippen LogP) is 2.02. The van der Waals surface area contributed by atoms with E-state index in [-0.39, 0.29) is 16.7 Å². The number of carbonyl (C=O) groups is 1. The molecule has 5 heteroatoms. The molecule has 0 saturated heterocycles. The van der Waals surface area contributed by atoms with E-state index >= 15 is 0 Å². The number of aromatic amines is 1. The minimum absolute atomic E-state index is 0.0257. The molecule has 1 heterocycles. The van der Waals surface area contributed by atoms with Crippen molar-refractivity contribution in [2.75, 3.05) is 5.32 Å². The average Bonchev–Trinajstić information content (AvgIpc) is 2.62. The van der Waals surface area contributed by atoms with Crippen LogP contribution in [0.4, 0.5) is 5.82 Å². The van der Waals surface area contributed by atoms with Crippen LogP contribution in [-0.2, 0) is 10.2 Å². The van der Waals surface area contributed by atoms with Gasteiger partial charge >= 0.3 is 0 Å². The van der Waals surface area contributed by atoms with Crippen molar-refractivity contribution >= 4 is 11.7 Å². The lowest BCUT2D eigenvalue weighted by Gasteiger charge is -2.25. The molecule has 0 spiro atoms. The second kappa shape index (κ2) is 4.72. The number of rotatable bonds is 2. The van der Waals surface area contributed by atoms with E-state index in [0.717, 1.165) is 5.69 Å². The molecule has 0 unspecified atom stereocenters. The van der Waals surface area contributed by atoms with Crippen LogP contribution in [0.25, 0.3) is 0 Å². The maximum absolute atomic E-state index is 11.9. The molecule has 4 N–H and O–H groups in total. The standard InChI is InChI=1S/C13H24N4O/c1-12(2,3)8-7-9(17-16-8)15-11(18)10(14)13(4,5)6/h7,10H,14H2,1-6H3,(H2,15,16,17,18)/t10-/m0/s1. The second-order valence-electron chi connectivity index (χ2n) is 6.75. The minimum atomic E-state index is -0.563. The Bertz CT molecular complexity index is 423. The predicted molar refractivity (Wildman–Crippen MR) is 73.3 cm³/mol. The van der Waals surface area contributed by atoms with E-state index in [2.05, 4.69) is 36.3 Å². The molecule has 1 amide bonds. The van der Waals surface area contributed by atoms with Crippen molar-refractivity contribution in [3.63, 3.8) is 0 Å². The van der Waals surface area contributed by atoms with Crippen LogP contribution in [0, 0.1) is 5.41 Å². The molecular weight excluding hydrogens is 228 g/mol. The van der Waals surface area contributed by atoms with E-state index in [1.165, 1.54) is 0 Å². The lowest BCUT2D eigenvalue weighted by molar-refractivity contribution is -0.119. The Morgan fingerprint density at radius 3 is 2.28 bits per heavy atom. The summed E-state index contributed by atoms with van der Waals surface area (Å²) in [6.07, 6.45) is 0. The third kappa shape index (κ3) is 3.57. The maximum atomic E-state index is 11.9. The third-order valence-corrected chi connectivity index (χ3v) is 2.85. The molecule has 0 fully saturated rings. The highest BCUT2D eigenvalue weighted by atomic mass is 16.2. The highest BCUT2D eigenvalue weighted by Gasteiger charge is 2.28. The maximum Gasteiger partial charge on any atom is 0.243 e. The van der Waals surface area contributed by atoms with Crippen molar-refractivity contribution < 1.29 is 4.79 Å². The quantitative estimate of drug-likeness (QED) is 0.753. The monoisotopic (exact) mass is 252 g/mol. The molecule has 0 saturated carbocycles. The fourth-order valence-corrected chi connectivity index (χ4v) is 1.37. The first kappa shape index (κ1) is 14.7. The Hall–Kier alpha value is -1.36. The van der Waals surface area contributed by atoms with E-state index < -0.39 is 6.04 Å². The van der Waals surface area contributed by atoms with E-state index in [1.807, 2.05) is 26.8 Å². The molecule has 1 atom stereocenters. The van der Waals surface area contributed by atoms with Crippen LogP contribution in [-0.4, -0.2) is 22.1 Å². The van der Waals surface area contributed by atoms with Gasteiger partial charge in [-0.2, -0.15) is 5.10 Å². The number of nitrogens with zero attached hydrogens (tertiary/aromatic N) is 1. The van der Waals surface area contributed by atoms with Gasteiger partial charge in [0.15, 0.2) is 5.82 Å². The minimum Gasteiger partial charge on any atom is -0.319 e. The number of nitrogens with two attached hydrogens (primary N) is 1. The molecular formula is C13H24N4O. The van der Waals surface area contributed by atoms with Crippen LogP contribution in [0.2, 0.25) is 0 Å². The number of hydrogen-bond acceptors (Lipinski definition) is 3. The van der Waals surface area contributed by atoms with E-state index in [0.29, 0.717) is 5.82 Å². The Morgan fingerprint density at radius 2 is 1.89 bits per heavy atom. The Balaban J connectivity index is 2.75. The summed E-state index contributed by atoms with van der Waals surface area (Å²) in [4.78, 5) is 11.9. The second-order valence-corrected chi connectivity index (χ2v) is 6.75. The van der Waals surface area contributed by atoms with E-state index in [4.69, 9.17) is 5.73 Å². The van der Waals surface area contributed by atoms with Gasteiger partial charge in [0.1, 0.15) is 0 Å². The van der Waals surface area contributed by atoms with Gasteiger partial charge in [-0.25, -0.2) is 0 Å². The van der Waals surface area contributed by atoms with Crippen LogP contribution >= 0.6 is 0 Å². The zero-order valence-electron chi connectivity index (χ0n) is 12.1. The van der Waals surface area contributed by atoms with Crippen LogP contribution in [0.5, 0.6) is 0 Å². The van der Waals surface area contributed by atoms with Crippen molar-refractivity contribution in [3.8, 4) is 0 Å². The molecule has 0 aliphatic heterocycles. The summed E-state index contributed by atoms with van der Waals surface area (Å²) in [7, 11) is 0. The van der Waals surface area contributed by atoms with Crippen molar-refractivity contribution in [1.29, 1.82) is 0 Å². The first-order valence-corrected chi connectivity index (χ1v) is 6.14. The number of amides is 1. The first-order valence-electron chi connectivity index (χ1n) is 6.14. The molecule has 0 radical (unpaired) electrons. The van der Waals surface area contributed by atoms with Crippen LogP contribution < -0.4 is 11.1 Å². The number of hydrogen-bond donors (Lipinski definition) is 3. The zero-order chi connectivity index (χ0) is 14.1. The molecule has 0 aliphatic carbocycles. The smallest absolute Gasteiger partial charge is 0.243 e. The Labute approximate surface area is 109 Å². The Kier molecular flexibility index (Phi) is 3.86. The molecule has 1 aromatic rings. The molecule has 18 heavy (non-hydrogen) atoms. The van der Waals surface area contributed by atoms with Crippen LogP contribution in [0.1, 0.15) is 47.2 Å². The summed E-state index contributed by atoms with van der Waals surface area (Å²) in [5, 5.41) is 9.73. The molecule has 1 rings (SSSR count). The van der Waals surface area contributed by atoms with Gasteiger partial charge in [-0.15, -0.1) is 0 Å². The lowest BCUT2D eigenvalue weighted by Crippen LogP contribution is -2.45. The largest absolute Gasteiger partial charge is 0.319 e. The molecule has 102 valence electrons. The molecule has 0 aromatic carbocycles. The fraction of sp³-hybridized carbons (Fsp3) is 0.692. The zero-order valence-corrected chi connectivity index (χ0v) is 12.1. The molecule has 1 aromatic heterocycles. The van der Waals surface area contributed by atoms with E-state index in [9.17, 15) is 4.79 Å². The summed E-state index contributed by atoms with van der Waals surface area (Å²) < 4.78 is 0. The molecule has 0 bridgehead atoms. The summed E-state index contributed by atoms with van der Waals surface area (Å²) in [6, 6.07) is 1.28. The fourth-order valence-electron chi connectivity index (χ4n) is 1.37. The van der Waals surface area contributed by atoms with Gasteiger partial charge in [0.25, 0.3) is 0 Å². The normalized spacial score (nSPS) is 14.4. The number of anilines is 1. The van der Waals surface area contributed by atoms with Crippen LogP contribution in [0.15, 0.2) is 6.07 Å². The van der Waals surface area contributed by atoms with Crippen LogP contribution in [0.3, 0.4) is 0 Å². The third-order valence-electron chi connectivity index (χ3n) is 2.85. The molecule has 0 aliphatic rings. The van der Waals surface area contributed by atoms with Gasteiger partial charge < -0.3 is 11.1 Å². The van der Waals surface area contributed by atoms with Gasteiger partial charge in [0, 0.05) is 17.2 Å². The highest BCUT2D eigenvalue weighted by Crippen LogP contribution is 2.23. The number of H-pyrrole nitrogens is 1. The average molecular weight is 252 g/mol. The summed E-state index contributed by atoms with van der Waals surface area (Å²) >= 11 is 0. The van der Waals surface area contributed by atoms with Crippen molar-refractivity contribution in [2.45, 2.75) is 53.0 Å². The number of nitrogens with one attached hydrogen (secondary N) is 2. The van der Waals surface area contributed by atoms with Crippen molar-refractivity contribution in [1.82, 2.24) is 10.2 Å². The van der Waals surface area contributed by atoms with Crippen molar-refractivity contribution in [2.24, 2.45) is 11.1 Å². The van der Waals surface area contributed by atoms with Gasteiger partial charge in [0.05, 0.1) is 6.04 Å². The lowest BCUT2D eigenvalue weighted by atomic mass is 9.87. The van der Waals surface area contributed by atoms with Gasteiger partial charge in [-0.1, -0.05) is 41.5 Å².